The highest BCUT2D eigenvalue weighted by atomic mass is 16.3. The van der Waals surface area contributed by atoms with E-state index in [4.69, 9.17) is 0 Å². The van der Waals surface area contributed by atoms with Crippen LogP contribution in [0.2, 0.25) is 0 Å². The molecule has 116 valence electrons. The summed E-state index contributed by atoms with van der Waals surface area (Å²) in [6.07, 6.45) is 0. The van der Waals surface area contributed by atoms with Crippen LogP contribution < -0.4 is 5.32 Å². The zero-order valence-electron chi connectivity index (χ0n) is 14.0. The van der Waals surface area contributed by atoms with Crippen molar-refractivity contribution in [3.05, 3.63) is 51.2 Å². The summed E-state index contributed by atoms with van der Waals surface area (Å²) in [5.74, 6) is 0.505. The van der Waals surface area contributed by atoms with Crippen LogP contribution in [0.15, 0.2) is 12.1 Å². The molecule has 1 aromatic heterocycles. The van der Waals surface area contributed by atoms with Gasteiger partial charge in [-0.05, 0) is 63.8 Å². The van der Waals surface area contributed by atoms with E-state index in [-0.39, 0.29) is 11.7 Å². The number of nitrogens with one attached hydrogen (secondary N) is 1. The van der Waals surface area contributed by atoms with Gasteiger partial charge in [0.25, 0.3) is 5.91 Å². The normalized spacial score (nSPS) is 10.6. The van der Waals surface area contributed by atoms with E-state index >= 15 is 0 Å². The van der Waals surface area contributed by atoms with Crippen molar-refractivity contribution in [3.63, 3.8) is 0 Å². The number of rotatable bonds is 2. The highest BCUT2D eigenvalue weighted by Gasteiger charge is 2.17. The first-order valence-corrected chi connectivity index (χ1v) is 7.28. The van der Waals surface area contributed by atoms with Gasteiger partial charge in [0.05, 0.1) is 5.69 Å². The Hall–Kier alpha value is -2.36. The third-order valence-corrected chi connectivity index (χ3v) is 4.03. The summed E-state index contributed by atoms with van der Waals surface area (Å²) in [5, 5.41) is 12.8. The zero-order chi connectivity index (χ0) is 16.6. The Morgan fingerprint density at radius 1 is 1.00 bits per heavy atom. The minimum absolute atomic E-state index is 0.171. The molecule has 0 radical (unpaired) electrons. The molecule has 0 saturated carbocycles. The molecule has 22 heavy (non-hydrogen) atoms. The Labute approximate surface area is 131 Å². The molecule has 4 nitrogen and oxygen atoms in total. The van der Waals surface area contributed by atoms with Crippen molar-refractivity contribution >= 4 is 11.7 Å². The second kappa shape index (κ2) is 5.79. The topological polar surface area (TPSA) is 62.2 Å². The van der Waals surface area contributed by atoms with E-state index in [1.54, 1.807) is 6.92 Å². The molecule has 0 aliphatic heterocycles. The van der Waals surface area contributed by atoms with Crippen molar-refractivity contribution in [2.45, 2.75) is 41.5 Å². The molecular formula is C18H22N2O2. The molecule has 2 N–H and O–H groups in total. The van der Waals surface area contributed by atoms with Crippen molar-refractivity contribution in [2.75, 3.05) is 5.32 Å². The predicted octanol–water partition coefficient (Wildman–Crippen LogP) is 3.89. The quantitative estimate of drug-likeness (QED) is 0.884. The minimum atomic E-state index is -0.171. The zero-order valence-corrected chi connectivity index (χ0v) is 14.0. The molecule has 1 amide bonds. The Morgan fingerprint density at radius 2 is 1.55 bits per heavy atom. The number of hydrogen-bond acceptors (Lipinski definition) is 3. The Morgan fingerprint density at radius 3 is 2.09 bits per heavy atom. The maximum absolute atomic E-state index is 12.6. The summed E-state index contributed by atoms with van der Waals surface area (Å²) < 4.78 is 0. The number of carbonyl (C=O) groups is 1. The lowest BCUT2D eigenvalue weighted by molar-refractivity contribution is 0.102. The third-order valence-electron chi connectivity index (χ3n) is 4.03. The molecule has 1 heterocycles. The second-order valence-corrected chi connectivity index (χ2v) is 5.87. The molecule has 0 aliphatic carbocycles. The lowest BCUT2D eigenvalue weighted by atomic mass is 9.99. The fraction of sp³-hybridized carbons (Fsp3) is 0.333. The first-order valence-electron chi connectivity index (χ1n) is 7.28. The van der Waals surface area contributed by atoms with E-state index < -0.39 is 0 Å². The highest BCUT2D eigenvalue weighted by molar-refractivity contribution is 6.06. The molecule has 0 spiro atoms. The molecule has 0 aliphatic rings. The van der Waals surface area contributed by atoms with Crippen LogP contribution in [-0.2, 0) is 0 Å². The van der Waals surface area contributed by atoms with Gasteiger partial charge < -0.3 is 10.4 Å². The summed E-state index contributed by atoms with van der Waals surface area (Å²) in [5.41, 5.74) is 5.72. The first kappa shape index (κ1) is 16.0. The van der Waals surface area contributed by atoms with Gasteiger partial charge in [-0.2, -0.15) is 0 Å². The lowest BCUT2D eigenvalue weighted by Crippen LogP contribution is -2.17. The van der Waals surface area contributed by atoms with E-state index in [2.05, 4.69) is 10.3 Å². The van der Waals surface area contributed by atoms with Crippen LogP contribution >= 0.6 is 0 Å². The Kier molecular flexibility index (Phi) is 4.22. The van der Waals surface area contributed by atoms with Gasteiger partial charge in [0.1, 0.15) is 11.6 Å². The average Bonchev–Trinajstić information content (AvgIpc) is 2.41. The van der Waals surface area contributed by atoms with Crippen molar-refractivity contribution in [2.24, 2.45) is 0 Å². The fourth-order valence-corrected chi connectivity index (χ4v) is 2.76. The van der Waals surface area contributed by atoms with Crippen LogP contribution in [0.5, 0.6) is 5.75 Å². The number of benzene rings is 1. The smallest absolute Gasteiger partial charge is 0.257 e. The Balaban J connectivity index is 2.43. The number of hydrogen-bond donors (Lipinski definition) is 2. The number of aryl methyl sites for hydroxylation is 4. The predicted molar refractivity (Wildman–Crippen MR) is 88.7 cm³/mol. The van der Waals surface area contributed by atoms with Gasteiger partial charge in [-0.15, -0.1) is 0 Å². The fourth-order valence-electron chi connectivity index (χ4n) is 2.76. The molecule has 2 aromatic rings. The van der Waals surface area contributed by atoms with Crippen LogP contribution in [0.3, 0.4) is 0 Å². The van der Waals surface area contributed by atoms with Crippen LogP contribution in [-0.4, -0.2) is 16.0 Å². The van der Waals surface area contributed by atoms with Gasteiger partial charge in [-0.1, -0.05) is 17.7 Å². The summed E-state index contributed by atoms with van der Waals surface area (Å²) in [7, 11) is 0. The van der Waals surface area contributed by atoms with Gasteiger partial charge in [0.2, 0.25) is 0 Å². The summed E-state index contributed by atoms with van der Waals surface area (Å²) in [4.78, 5) is 16.9. The molecule has 2 rings (SSSR count). The van der Waals surface area contributed by atoms with Crippen molar-refractivity contribution < 1.29 is 9.90 Å². The average molecular weight is 298 g/mol. The van der Waals surface area contributed by atoms with E-state index in [0.717, 1.165) is 27.8 Å². The molecule has 1 aromatic carbocycles. The van der Waals surface area contributed by atoms with Gasteiger partial charge in [0.15, 0.2) is 0 Å². The number of nitrogens with zero attached hydrogens (tertiary/aromatic N) is 1. The maximum atomic E-state index is 12.6. The Bertz CT molecular complexity index is 741. The molecule has 4 heteroatoms. The SMILES string of the molecule is Cc1cc(C)c(C(=O)Nc2nc(C)c(O)c(C)c2C)c(C)c1. The van der Waals surface area contributed by atoms with Crippen LogP contribution in [0.25, 0.3) is 0 Å². The number of carbonyl (C=O) groups excluding carboxylic acids is 1. The molecule has 0 bridgehead atoms. The summed E-state index contributed by atoms with van der Waals surface area (Å²) in [6, 6.07) is 3.99. The standard InChI is InChI=1S/C18H22N2O2/c1-9-7-10(2)15(11(3)8-9)18(22)20-17-13(5)12(4)16(21)14(6)19-17/h7-8,21H,1-6H3,(H,19,20,22). The number of pyridine rings is 1. The molecular weight excluding hydrogens is 276 g/mol. The van der Waals surface area contributed by atoms with Crippen LogP contribution in [0, 0.1) is 41.5 Å². The third kappa shape index (κ3) is 2.82. The van der Waals surface area contributed by atoms with E-state index in [1.807, 2.05) is 46.8 Å². The number of aromatic hydroxyl groups is 1. The van der Waals surface area contributed by atoms with Gasteiger partial charge in [-0.25, -0.2) is 4.98 Å². The first-order chi connectivity index (χ1) is 10.2. The summed E-state index contributed by atoms with van der Waals surface area (Å²) >= 11 is 0. The van der Waals surface area contributed by atoms with Crippen LogP contribution in [0.4, 0.5) is 5.82 Å². The van der Waals surface area contributed by atoms with E-state index in [9.17, 15) is 9.90 Å². The largest absolute Gasteiger partial charge is 0.506 e. The minimum Gasteiger partial charge on any atom is -0.506 e. The van der Waals surface area contributed by atoms with Gasteiger partial charge in [0, 0.05) is 5.56 Å². The lowest BCUT2D eigenvalue weighted by Gasteiger charge is -2.15. The van der Waals surface area contributed by atoms with E-state index in [0.29, 0.717) is 17.1 Å². The molecule has 0 saturated heterocycles. The van der Waals surface area contributed by atoms with Crippen LogP contribution in [0.1, 0.15) is 43.9 Å². The summed E-state index contributed by atoms with van der Waals surface area (Å²) in [6.45, 7) is 11.3. The van der Waals surface area contributed by atoms with Crippen molar-refractivity contribution in [3.8, 4) is 5.75 Å². The molecule has 0 atom stereocenters. The number of aromatic nitrogens is 1. The number of anilines is 1. The molecule has 0 fully saturated rings. The van der Waals surface area contributed by atoms with Gasteiger partial charge in [-0.3, -0.25) is 4.79 Å². The monoisotopic (exact) mass is 298 g/mol. The second-order valence-electron chi connectivity index (χ2n) is 5.87. The maximum Gasteiger partial charge on any atom is 0.257 e. The van der Waals surface area contributed by atoms with Crippen molar-refractivity contribution in [1.82, 2.24) is 4.98 Å². The van der Waals surface area contributed by atoms with Crippen molar-refractivity contribution in [1.29, 1.82) is 0 Å². The highest BCUT2D eigenvalue weighted by Crippen LogP contribution is 2.28. The number of amides is 1. The van der Waals surface area contributed by atoms with E-state index in [1.165, 1.54) is 0 Å². The van der Waals surface area contributed by atoms with Gasteiger partial charge >= 0.3 is 0 Å². The molecule has 0 unspecified atom stereocenters.